The molecule has 17 nitrogen and oxygen atoms in total. The number of carboxylic acids is 1. The average molecular weight is 1050 g/mol. The van der Waals surface area contributed by atoms with E-state index in [9.17, 15) is 28.8 Å². The third kappa shape index (κ3) is 17.6. The summed E-state index contributed by atoms with van der Waals surface area (Å²) in [5.41, 5.74) is 14.3. The van der Waals surface area contributed by atoms with Crippen LogP contribution in [0.5, 0.6) is 11.5 Å². The summed E-state index contributed by atoms with van der Waals surface area (Å²) >= 11 is 0. The minimum atomic E-state index is -0.959. The lowest BCUT2D eigenvalue weighted by molar-refractivity contribution is -0.142. The van der Waals surface area contributed by atoms with Crippen LogP contribution in [0.1, 0.15) is 118 Å². The topological polar surface area (TPSA) is 233 Å². The molecule has 0 bridgehead atoms. The molecule has 0 radical (unpaired) electrons. The molecule has 0 aliphatic carbocycles. The standard InChI is InChI=1S/C29H35N3O5.C17H20N2O3.C12H17NO3.CH4/c1-18(2)12-24(32-11-10-19(3)13-26(32)33)29(35)31-23(15-27(34)37-6)21-14-22(17-30-16-21)28-20(4)8-7-9-25(28)36-5;1-11-5-4-6-15(21-2)17(11)13-7-12(9-19-10-13)14(18)8-16(20)22-3;1-8(2)6-10(12(15)16)13-5-4-9(3)7-11(13)14;/h7-11,13-14,16-18,23-24H,12,15H2,1-6H3,(H,31,35);4-7,9-10,14H,8,18H2,1-3H3;4-5,7-8,10H,6H2,1-3H3,(H,15,16);1H4/t23-,24?;14-;10-;/m001./s1. The number of aromatic nitrogens is 4. The summed E-state index contributed by atoms with van der Waals surface area (Å²) in [6.45, 7) is 15.5. The zero-order valence-corrected chi connectivity index (χ0v) is 45.1. The van der Waals surface area contributed by atoms with E-state index in [2.05, 4.69) is 20.0 Å². The number of methoxy groups -OCH3 is 4. The Hall–Kier alpha value is -7.92. The highest BCUT2D eigenvalue weighted by molar-refractivity contribution is 5.82. The van der Waals surface area contributed by atoms with Crippen molar-refractivity contribution in [3.05, 3.63) is 164 Å². The number of aliphatic carboxylic acids is 1. The average Bonchev–Trinajstić information content (AvgIpc) is 3.37. The van der Waals surface area contributed by atoms with Crippen LogP contribution in [0.25, 0.3) is 22.3 Å². The second-order valence-corrected chi connectivity index (χ2v) is 19.1. The maximum Gasteiger partial charge on any atom is 0.326 e. The SMILES string of the molecule is C.COC(=O)C[C@H](N)c1cncc(-c2c(C)cccc2OC)c1.COC(=O)C[C@H](NC(=O)C(CC(C)C)n1ccc(C)cc1=O)c1cncc(-c2c(C)cccc2OC)c1.Cc1ccn([C@H](CC(C)C)C(=O)O)c(=O)c1. The van der Waals surface area contributed by atoms with Crippen molar-refractivity contribution >= 4 is 23.8 Å². The number of nitrogens with zero attached hydrogens (tertiary/aromatic N) is 4. The van der Waals surface area contributed by atoms with Gasteiger partial charge in [0.25, 0.3) is 11.1 Å². The summed E-state index contributed by atoms with van der Waals surface area (Å²) in [6.07, 6.45) is 10.9. The number of carboxylic acid groups (broad SMARTS) is 1. The van der Waals surface area contributed by atoms with Gasteiger partial charge in [-0.2, -0.15) is 0 Å². The van der Waals surface area contributed by atoms with Gasteiger partial charge in [0.15, 0.2) is 0 Å². The lowest BCUT2D eigenvalue weighted by atomic mass is 9.96. The Labute approximate surface area is 446 Å². The van der Waals surface area contributed by atoms with Crippen LogP contribution in [-0.4, -0.2) is 76.5 Å². The van der Waals surface area contributed by atoms with E-state index in [0.29, 0.717) is 24.2 Å². The first-order valence-electron chi connectivity index (χ1n) is 24.6. The molecule has 0 fully saturated rings. The van der Waals surface area contributed by atoms with Crippen molar-refractivity contribution < 1.29 is 43.2 Å². The van der Waals surface area contributed by atoms with Gasteiger partial charge in [0.1, 0.15) is 23.6 Å². The molecule has 0 aliphatic rings. The molecule has 0 aliphatic heterocycles. The lowest BCUT2D eigenvalue weighted by Crippen LogP contribution is -2.40. The van der Waals surface area contributed by atoms with Gasteiger partial charge in [0.2, 0.25) is 5.91 Å². The van der Waals surface area contributed by atoms with E-state index in [-0.39, 0.29) is 55.1 Å². The molecule has 1 amide bonds. The van der Waals surface area contributed by atoms with E-state index >= 15 is 0 Å². The van der Waals surface area contributed by atoms with Gasteiger partial charge in [-0.15, -0.1) is 0 Å². The van der Waals surface area contributed by atoms with Crippen molar-refractivity contribution in [3.63, 3.8) is 0 Å². The number of aryl methyl sites for hydroxylation is 4. The minimum absolute atomic E-state index is 0. The van der Waals surface area contributed by atoms with Gasteiger partial charge in [-0.25, -0.2) is 4.79 Å². The number of hydrogen-bond acceptors (Lipinski definition) is 13. The number of hydrogen-bond donors (Lipinski definition) is 3. The van der Waals surface area contributed by atoms with Crippen LogP contribution in [0.15, 0.2) is 120 Å². The monoisotopic (exact) mass is 1040 g/mol. The van der Waals surface area contributed by atoms with Gasteiger partial charge in [-0.1, -0.05) is 59.4 Å². The van der Waals surface area contributed by atoms with E-state index < -0.39 is 36.1 Å². The zero-order chi connectivity index (χ0) is 55.5. The first-order chi connectivity index (χ1) is 35.6. The number of ether oxygens (including phenoxy) is 4. The number of amides is 1. The van der Waals surface area contributed by atoms with E-state index in [1.807, 2.05) is 104 Å². The van der Waals surface area contributed by atoms with Crippen LogP contribution >= 0.6 is 0 Å². The molecular weight excluding hydrogens is 969 g/mol. The molecule has 0 spiro atoms. The molecule has 6 rings (SSSR count). The van der Waals surface area contributed by atoms with E-state index in [4.69, 9.17) is 25.1 Å². The Bertz CT molecular complexity index is 3020. The molecule has 4 N–H and O–H groups in total. The Morgan fingerprint density at radius 1 is 0.618 bits per heavy atom. The fraction of sp³-hybridized carbons (Fsp3) is 0.390. The third-order valence-electron chi connectivity index (χ3n) is 12.2. The van der Waals surface area contributed by atoms with Crippen LogP contribution in [0, 0.1) is 39.5 Å². The summed E-state index contributed by atoms with van der Waals surface area (Å²) in [5, 5.41) is 12.1. The smallest absolute Gasteiger partial charge is 0.326 e. The maximum atomic E-state index is 13.6. The zero-order valence-electron chi connectivity index (χ0n) is 45.1. The molecule has 4 aromatic heterocycles. The van der Waals surface area contributed by atoms with Gasteiger partial charge >= 0.3 is 17.9 Å². The normalized spacial score (nSPS) is 12.2. The number of esters is 2. The summed E-state index contributed by atoms with van der Waals surface area (Å²) < 4.78 is 23.3. The number of carbonyl (C=O) groups excluding carboxylic acids is 3. The highest BCUT2D eigenvalue weighted by Crippen LogP contribution is 2.36. The maximum absolute atomic E-state index is 13.6. The van der Waals surface area contributed by atoms with E-state index in [1.165, 1.54) is 35.5 Å². The Morgan fingerprint density at radius 2 is 1.05 bits per heavy atom. The van der Waals surface area contributed by atoms with E-state index in [0.717, 1.165) is 55.8 Å². The second kappa shape index (κ2) is 29.8. The summed E-state index contributed by atoms with van der Waals surface area (Å²) in [7, 11) is 5.90. The molecule has 4 heterocycles. The van der Waals surface area contributed by atoms with Gasteiger partial charge in [0, 0.05) is 77.6 Å². The second-order valence-electron chi connectivity index (χ2n) is 19.1. The Kier molecular flexibility index (Phi) is 24.5. The number of nitrogens with one attached hydrogen (secondary N) is 1. The molecule has 6 aromatic rings. The fourth-order valence-corrected chi connectivity index (χ4v) is 8.36. The quantitative estimate of drug-likeness (QED) is 0.0641. The van der Waals surface area contributed by atoms with Gasteiger partial charge < -0.3 is 44.2 Å². The minimum Gasteiger partial charge on any atom is -0.496 e. The Morgan fingerprint density at radius 3 is 1.49 bits per heavy atom. The van der Waals surface area contributed by atoms with Gasteiger partial charge in [-0.3, -0.25) is 33.9 Å². The third-order valence-corrected chi connectivity index (χ3v) is 12.2. The molecule has 2 aromatic carbocycles. The van der Waals surface area contributed by atoms with Crippen molar-refractivity contribution in [3.8, 4) is 33.8 Å². The molecule has 17 heteroatoms. The predicted octanol–water partition coefficient (Wildman–Crippen LogP) is 9.64. The van der Waals surface area contributed by atoms with Crippen molar-refractivity contribution in [2.75, 3.05) is 28.4 Å². The van der Waals surface area contributed by atoms with Gasteiger partial charge in [0.05, 0.1) is 47.3 Å². The summed E-state index contributed by atoms with van der Waals surface area (Å²) in [4.78, 5) is 81.5. The molecule has 4 atom stereocenters. The lowest BCUT2D eigenvalue weighted by Gasteiger charge is -2.25. The van der Waals surface area contributed by atoms with Crippen molar-refractivity contribution in [1.29, 1.82) is 0 Å². The van der Waals surface area contributed by atoms with Crippen molar-refractivity contribution in [2.45, 2.75) is 113 Å². The predicted molar refractivity (Wildman–Crippen MR) is 295 cm³/mol. The highest BCUT2D eigenvalue weighted by Gasteiger charge is 2.28. The van der Waals surface area contributed by atoms with Crippen LogP contribution < -0.4 is 31.6 Å². The first kappa shape index (κ1) is 62.4. The number of pyridine rings is 4. The summed E-state index contributed by atoms with van der Waals surface area (Å²) in [5.74, 6) is -0.268. The molecule has 0 saturated carbocycles. The fourth-order valence-electron chi connectivity index (χ4n) is 8.36. The number of nitrogens with two attached hydrogens (primary N) is 1. The molecule has 408 valence electrons. The van der Waals surface area contributed by atoms with Gasteiger partial charge in [-0.05, 0) is 122 Å². The Balaban J connectivity index is 0.000000330. The molecule has 1 unspecified atom stereocenters. The largest absolute Gasteiger partial charge is 0.496 e. The highest BCUT2D eigenvalue weighted by atomic mass is 16.5. The first-order valence-corrected chi connectivity index (χ1v) is 24.6. The van der Waals surface area contributed by atoms with Crippen molar-refractivity contribution in [1.82, 2.24) is 24.4 Å². The molecule has 76 heavy (non-hydrogen) atoms. The van der Waals surface area contributed by atoms with Crippen LogP contribution in [-0.2, 0) is 28.7 Å². The van der Waals surface area contributed by atoms with Crippen LogP contribution in [0.3, 0.4) is 0 Å². The van der Waals surface area contributed by atoms with Crippen molar-refractivity contribution in [2.24, 2.45) is 17.6 Å². The number of carbonyl (C=O) groups is 4. The van der Waals surface area contributed by atoms with Crippen LogP contribution in [0.4, 0.5) is 0 Å². The number of rotatable bonds is 19. The molecule has 0 saturated heterocycles. The molecular formula is C59H76N6O11. The van der Waals surface area contributed by atoms with E-state index in [1.54, 1.807) is 63.5 Å². The summed E-state index contributed by atoms with van der Waals surface area (Å²) in [6, 6.07) is 19.3. The van der Waals surface area contributed by atoms with Crippen LogP contribution in [0.2, 0.25) is 0 Å². The number of benzene rings is 2.